The summed E-state index contributed by atoms with van der Waals surface area (Å²) >= 11 is 0. The second-order valence-corrected chi connectivity index (χ2v) is 4.59. The van der Waals surface area contributed by atoms with E-state index in [0.717, 1.165) is 30.4 Å². The molecule has 0 rings (SSSR count). The maximum atomic E-state index is 10.5. The zero-order valence-corrected chi connectivity index (χ0v) is 13.8. The molecule has 0 spiro atoms. The van der Waals surface area contributed by atoms with Crippen molar-refractivity contribution >= 4 is 11.9 Å². The summed E-state index contributed by atoms with van der Waals surface area (Å²) < 4.78 is 4.46. The normalized spacial score (nSPS) is 8.14. The number of allylic oxidation sites excluding steroid dienone is 2. The van der Waals surface area contributed by atoms with Gasteiger partial charge in [-0.05, 0) is 39.5 Å². The Kier molecular flexibility index (Phi) is 25.5. The number of rotatable bonds is 8. The fourth-order valence-corrected chi connectivity index (χ4v) is 1.18. The maximum absolute atomic E-state index is 10.5. The summed E-state index contributed by atoms with van der Waals surface area (Å²) in [6.45, 7) is 11.2. The Hall–Kier alpha value is -1.02. The number of carbonyl (C=O) groups is 2. The monoisotopic (exact) mass is 294 g/mol. The second kappa shape index (κ2) is 19.0. The first-order valence-corrected chi connectivity index (χ1v) is 6.37. The number of ether oxygens (including phenoxy) is 1. The van der Waals surface area contributed by atoms with E-state index in [2.05, 4.69) is 17.9 Å². The van der Waals surface area contributed by atoms with E-state index in [1.807, 2.05) is 13.8 Å². The van der Waals surface area contributed by atoms with E-state index in [4.69, 9.17) is 5.11 Å². The van der Waals surface area contributed by atoms with Crippen LogP contribution >= 0.6 is 0 Å². The van der Waals surface area contributed by atoms with Gasteiger partial charge in [0, 0.05) is 12.8 Å². The summed E-state index contributed by atoms with van der Waals surface area (Å²) in [6, 6.07) is 0. The van der Waals surface area contributed by atoms with E-state index < -0.39 is 5.97 Å². The molecule has 0 aliphatic rings. The van der Waals surface area contributed by atoms with Crippen molar-refractivity contribution < 1.29 is 43.8 Å². The van der Waals surface area contributed by atoms with Gasteiger partial charge < -0.3 is 15.3 Å². The van der Waals surface area contributed by atoms with Crippen LogP contribution in [0.5, 0.6) is 0 Å². The Morgan fingerprint density at radius 2 is 1.33 bits per heavy atom. The molecule has 0 bridgehead atoms. The van der Waals surface area contributed by atoms with Gasteiger partial charge in [-0.2, -0.15) is 0 Å². The van der Waals surface area contributed by atoms with Crippen LogP contribution < -0.4 is 18.9 Å². The summed E-state index contributed by atoms with van der Waals surface area (Å²) in [5, 5.41) is 8.20. The second-order valence-electron chi connectivity index (χ2n) is 4.59. The van der Waals surface area contributed by atoms with E-state index in [-0.39, 0.29) is 36.7 Å². The van der Waals surface area contributed by atoms with Crippen molar-refractivity contribution in [3.05, 3.63) is 24.3 Å². The Labute approximate surface area is 139 Å². The van der Waals surface area contributed by atoms with E-state index in [1.54, 1.807) is 0 Å². The SMILES string of the molecule is C=C(C)CCCC(=O)O.C=C(C)CCCC(=O)OC.[Li+].[OH-]. The Morgan fingerprint density at radius 3 is 1.62 bits per heavy atom. The van der Waals surface area contributed by atoms with Gasteiger partial charge in [0.1, 0.15) is 0 Å². The van der Waals surface area contributed by atoms with Gasteiger partial charge in [-0.1, -0.05) is 11.1 Å². The van der Waals surface area contributed by atoms with E-state index in [0.29, 0.717) is 12.8 Å². The molecule has 0 heterocycles. The summed E-state index contributed by atoms with van der Waals surface area (Å²) in [6.07, 6.45) is 4.06. The number of methoxy groups -OCH3 is 1. The van der Waals surface area contributed by atoms with Gasteiger partial charge in [0.15, 0.2) is 0 Å². The predicted octanol–water partition coefficient (Wildman–Crippen LogP) is 0.550. The minimum absolute atomic E-state index is 0. The molecule has 0 aromatic rings. The third-order valence-electron chi connectivity index (χ3n) is 2.21. The number of carboxylic acids is 1. The van der Waals surface area contributed by atoms with Crippen LogP contribution in [0.1, 0.15) is 52.4 Å². The molecule has 2 N–H and O–H groups in total. The predicted molar refractivity (Wildman–Crippen MR) is 78.9 cm³/mol. The Balaban J connectivity index is -0.000000126. The number of hydrogen-bond donors (Lipinski definition) is 1. The van der Waals surface area contributed by atoms with Crippen molar-refractivity contribution in [2.45, 2.75) is 52.4 Å². The van der Waals surface area contributed by atoms with Crippen LogP contribution in [0, 0.1) is 0 Å². The van der Waals surface area contributed by atoms with Gasteiger partial charge in [-0.15, -0.1) is 13.2 Å². The number of aliphatic carboxylic acids is 1. The molecule has 21 heavy (non-hydrogen) atoms. The van der Waals surface area contributed by atoms with Crippen LogP contribution in [0.4, 0.5) is 0 Å². The molecule has 0 saturated carbocycles. The van der Waals surface area contributed by atoms with Crippen LogP contribution in [0.15, 0.2) is 24.3 Å². The number of esters is 1. The zero-order chi connectivity index (χ0) is 15.3. The molecule has 0 amide bonds. The molecule has 5 nitrogen and oxygen atoms in total. The molecule has 0 aliphatic carbocycles. The largest absolute Gasteiger partial charge is 1.00 e. The first kappa shape index (κ1) is 28.2. The van der Waals surface area contributed by atoms with Gasteiger partial charge in [-0.3, -0.25) is 9.59 Å². The molecule has 0 aromatic carbocycles. The van der Waals surface area contributed by atoms with Crippen LogP contribution in [0.25, 0.3) is 0 Å². The first-order valence-electron chi connectivity index (χ1n) is 6.37. The molecule has 0 aliphatic heterocycles. The number of carbonyl (C=O) groups excluding carboxylic acids is 1. The van der Waals surface area contributed by atoms with E-state index in [9.17, 15) is 9.59 Å². The fraction of sp³-hybridized carbons (Fsp3) is 0.600. The molecule has 0 unspecified atom stereocenters. The number of hydrogen-bond acceptors (Lipinski definition) is 4. The summed E-state index contributed by atoms with van der Waals surface area (Å²) in [5.74, 6) is -0.863. The van der Waals surface area contributed by atoms with Crippen LogP contribution in [0.2, 0.25) is 0 Å². The average Bonchev–Trinajstić information content (AvgIpc) is 2.28. The number of carboxylic acid groups (broad SMARTS) is 1. The average molecular weight is 294 g/mol. The zero-order valence-electron chi connectivity index (χ0n) is 13.8. The van der Waals surface area contributed by atoms with Gasteiger partial charge in [-0.25, -0.2) is 0 Å². The Morgan fingerprint density at radius 1 is 0.952 bits per heavy atom. The van der Waals surface area contributed by atoms with Gasteiger partial charge in [0.05, 0.1) is 7.11 Å². The minimum Gasteiger partial charge on any atom is -0.870 e. The molecule has 0 radical (unpaired) electrons. The van der Waals surface area contributed by atoms with Gasteiger partial charge in [0.2, 0.25) is 0 Å². The smallest absolute Gasteiger partial charge is 0.870 e. The molecule has 0 aromatic heterocycles. The maximum Gasteiger partial charge on any atom is 1.00 e. The van der Waals surface area contributed by atoms with E-state index in [1.165, 1.54) is 7.11 Å². The van der Waals surface area contributed by atoms with Crippen LogP contribution in [0.3, 0.4) is 0 Å². The third-order valence-corrected chi connectivity index (χ3v) is 2.21. The third kappa shape index (κ3) is 32.5. The minimum atomic E-state index is -0.726. The van der Waals surface area contributed by atoms with Gasteiger partial charge >= 0.3 is 30.8 Å². The van der Waals surface area contributed by atoms with Crippen molar-refractivity contribution in [3.8, 4) is 0 Å². The molecular weight excluding hydrogens is 267 g/mol. The summed E-state index contributed by atoms with van der Waals surface area (Å²) in [7, 11) is 1.41. The fourth-order valence-electron chi connectivity index (χ4n) is 1.18. The van der Waals surface area contributed by atoms with Crippen molar-refractivity contribution in [2.24, 2.45) is 0 Å². The standard InChI is InChI=1S/C8H14O2.C7H12O2.Li.H2O/c1-7(2)5-4-6-8(9)10-3;1-6(2)4-3-5-7(8)9;;/h1,4-6H2,2-3H3;1,3-5H2,2H3,(H,8,9);;1H2/q;;+1;/p-1. The molecule has 0 fully saturated rings. The quantitative estimate of drug-likeness (QED) is 0.401. The molecule has 0 atom stereocenters. The molecule has 118 valence electrons. The molecule has 6 heteroatoms. The van der Waals surface area contributed by atoms with Crippen LogP contribution in [-0.4, -0.2) is 29.6 Å². The molecule has 0 saturated heterocycles. The van der Waals surface area contributed by atoms with E-state index >= 15 is 0 Å². The topological polar surface area (TPSA) is 93.6 Å². The Bertz CT molecular complexity index is 299. The summed E-state index contributed by atoms with van der Waals surface area (Å²) in [4.78, 5) is 20.5. The van der Waals surface area contributed by atoms with Crippen molar-refractivity contribution in [1.29, 1.82) is 0 Å². The summed E-state index contributed by atoms with van der Waals surface area (Å²) in [5.41, 5.74) is 2.17. The van der Waals surface area contributed by atoms with Crippen molar-refractivity contribution in [3.63, 3.8) is 0 Å². The van der Waals surface area contributed by atoms with Crippen molar-refractivity contribution in [2.75, 3.05) is 7.11 Å². The molecular formula is C15H27LiO5. The van der Waals surface area contributed by atoms with Crippen molar-refractivity contribution in [1.82, 2.24) is 0 Å². The van der Waals surface area contributed by atoms with Gasteiger partial charge in [0.25, 0.3) is 0 Å². The van der Waals surface area contributed by atoms with Crippen LogP contribution in [-0.2, 0) is 14.3 Å². The first-order chi connectivity index (χ1) is 8.79.